The number of amides is 2. The summed E-state index contributed by atoms with van der Waals surface area (Å²) in [4.78, 5) is 22.9. The van der Waals surface area contributed by atoms with Crippen LogP contribution in [-0.2, 0) is 9.59 Å². The van der Waals surface area contributed by atoms with Crippen LogP contribution in [0.3, 0.4) is 0 Å². The smallest absolute Gasteiger partial charge is 0.248 e. The molecule has 0 aliphatic carbocycles. The number of anilines is 2. The molecule has 0 aromatic heterocycles. The van der Waals surface area contributed by atoms with E-state index >= 15 is 0 Å². The van der Waals surface area contributed by atoms with Crippen LogP contribution in [0.5, 0.6) is 0 Å². The predicted molar refractivity (Wildman–Crippen MR) is 94.8 cm³/mol. The van der Waals surface area contributed by atoms with E-state index in [1.165, 1.54) is 13.0 Å². The van der Waals surface area contributed by atoms with Crippen LogP contribution in [0, 0.1) is 11.6 Å². The second-order valence-electron chi connectivity index (χ2n) is 4.98. The zero-order valence-corrected chi connectivity index (χ0v) is 14.4. The van der Waals surface area contributed by atoms with E-state index in [0.29, 0.717) is 21.7 Å². The van der Waals surface area contributed by atoms with Crippen molar-refractivity contribution in [3.8, 4) is 0 Å². The molecule has 0 saturated heterocycles. The van der Waals surface area contributed by atoms with E-state index < -0.39 is 23.4 Å². The third-order valence-corrected chi connectivity index (χ3v) is 3.58. The highest BCUT2D eigenvalue weighted by Crippen LogP contribution is 2.24. The van der Waals surface area contributed by atoms with Crippen LogP contribution in [0.1, 0.15) is 12.5 Å². The van der Waals surface area contributed by atoms with Gasteiger partial charge in [0.05, 0.1) is 11.4 Å². The first-order chi connectivity index (χ1) is 11.8. The average Bonchev–Trinajstić information content (AvgIpc) is 2.52. The van der Waals surface area contributed by atoms with Crippen molar-refractivity contribution < 1.29 is 18.4 Å². The van der Waals surface area contributed by atoms with Crippen molar-refractivity contribution >= 4 is 52.5 Å². The van der Waals surface area contributed by atoms with Crippen LogP contribution in [0.25, 0.3) is 6.08 Å². The number of hydrogen-bond donors (Lipinski definition) is 2. The minimum Gasteiger partial charge on any atom is -0.324 e. The fourth-order valence-electron chi connectivity index (χ4n) is 1.91. The Balaban J connectivity index is 2.18. The highest BCUT2D eigenvalue weighted by molar-refractivity contribution is 6.34. The summed E-state index contributed by atoms with van der Waals surface area (Å²) in [5.41, 5.74) is -0.0223. The predicted octanol–water partition coefficient (Wildman–Crippen LogP) is 4.88. The van der Waals surface area contributed by atoms with Gasteiger partial charge in [-0.1, -0.05) is 23.2 Å². The Kier molecular flexibility index (Phi) is 6.12. The lowest BCUT2D eigenvalue weighted by Gasteiger charge is -2.09. The average molecular weight is 385 g/mol. The fourth-order valence-corrected chi connectivity index (χ4v) is 2.27. The molecule has 130 valence electrons. The van der Waals surface area contributed by atoms with Crippen LogP contribution < -0.4 is 10.6 Å². The van der Waals surface area contributed by atoms with E-state index in [4.69, 9.17) is 23.2 Å². The summed E-state index contributed by atoms with van der Waals surface area (Å²) < 4.78 is 27.3. The van der Waals surface area contributed by atoms with Crippen LogP contribution in [0.15, 0.2) is 36.4 Å². The maximum absolute atomic E-state index is 13.8. The van der Waals surface area contributed by atoms with Crippen molar-refractivity contribution in [2.75, 3.05) is 10.6 Å². The first kappa shape index (κ1) is 18.9. The highest BCUT2D eigenvalue weighted by Gasteiger charge is 2.12. The van der Waals surface area contributed by atoms with Gasteiger partial charge in [-0.25, -0.2) is 8.78 Å². The lowest BCUT2D eigenvalue weighted by molar-refractivity contribution is -0.114. The molecule has 0 bridgehead atoms. The van der Waals surface area contributed by atoms with Gasteiger partial charge < -0.3 is 10.6 Å². The second-order valence-corrected chi connectivity index (χ2v) is 5.83. The number of hydrogen-bond acceptors (Lipinski definition) is 2. The third-order valence-electron chi connectivity index (χ3n) is 3.00. The van der Waals surface area contributed by atoms with Gasteiger partial charge in [0, 0.05) is 29.1 Å². The minimum atomic E-state index is -0.978. The molecule has 2 aromatic rings. The normalized spacial score (nSPS) is 10.8. The van der Waals surface area contributed by atoms with Crippen molar-refractivity contribution in [2.24, 2.45) is 0 Å². The summed E-state index contributed by atoms with van der Waals surface area (Å²) in [6.45, 7) is 1.18. The second kappa shape index (κ2) is 8.09. The number of halogens is 4. The first-order valence-corrected chi connectivity index (χ1v) is 7.72. The summed E-state index contributed by atoms with van der Waals surface area (Å²) in [6, 6.07) is 6.28. The molecule has 0 aliphatic heterocycles. The van der Waals surface area contributed by atoms with Crippen LogP contribution in [0.4, 0.5) is 20.2 Å². The number of rotatable bonds is 4. The van der Waals surface area contributed by atoms with Crippen molar-refractivity contribution in [3.63, 3.8) is 0 Å². The molecule has 2 rings (SSSR count). The maximum atomic E-state index is 13.8. The van der Waals surface area contributed by atoms with Crippen LogP contribution in [0.2, 0.25) is 10.0 Å². The zero-order chi connectivity index (χ0) is 18.6. The summed E-state index contributed by atoms with van der Waals surface area (Å²) in [5.74, 6) is -3.13. The third kappa shape index (κ3) is 5.27. The molecule has 4 nitrogen and oxygen atoms in total. The van der Waals surface area contributed by atoms with Crippen LogP contribution >= 0.6 is 23.2 Å². The van der Waals surface area contributed by atoms with E-state index in [2.05, 4.69) is 10.6 Å². The highest BCUT2D eigenvalue weighted by atomic mass is 35.5. The quantitative estimate of drug-likeness (QED) is 0.737. The Morgan fingerprint density at radius 2 is 1.64 bits per heavy atom. The van der Waals surface area contributed by atoms with Crippen molar-refractivity contribution in [3.05, 3.63) is 63.7 Å². The Morgan fingerprint density at radius 1 is 1.00 bits per heavy atom. The molecule has 2 N–H and O–H groups in total. The summed E-state index contributed by atoms with van der Waals surface area (Å²) in [6.07, 6.45) is 2.53. The van der Waals surface area contributed by atoms with Gasteiger partial charge in [0.1, 0.15) is 11.6 Å². The first-order valence-electron chi connectivity index (χ1n) is 6.97. The molecule has 8 heteroatoms. The molecule has 0 saturated carbocycles. The minimum absolute atomic E-state index is 0.244. The Hall–Kier alpha value is -2.44. The number of carbonyl (C=O) groups is 2. The van der Waals surface area contributed by atoms with Gasteiger partial charge in [-0.3, -0.25) is 9.59 Å². The fraction of sp³-hybridized carbons (Fsp3) is 0.0588. The molecular weight excluding hydrogens is 373 g/mol. The molecule has 0 radical (unpaired) electrons. The van der Waals surface area contributed by atoms with Gasteiger partial charge >= 0.3 is 0 Å². The summed E-state index contributed by atoms with van der Waals surface area (Å²) in [7, 11) is 0. The maximum Gasteiger partial charge on any atom is 0.248 e. The van der Waals surface area contributed by atoms with Gasteiger partial charge in [-0.15, -0.1) is 0 Å². The van der Waals surface area contributed by atoms with Gasteiger partial charge in [0.15, 0.2) is 0 Å². The summed E-state index contributed by atoms with van der Waals surface area (Å²) in [5, 5.41) is 5.29. The van der Waals surface area contributed by atoms with Gasteiger partial charge in [0.25, 0.3) is 0 Å². The van der Waals surface area contributed by atoms with E-state index in [1.54, 1.807) is 18.2 Å². The summed E-state index contributed by atoms with van der Waals surface area (Å²) >= 11 is 11.8. The van der Waals surface area contributed by atoms with Crippen molar-refractivity contribution in [1.82, 2.24) is 0 Å². The monoisotopic (exact) mass is 384 g/mol. The van der Waals surface area contributed by atoms with Gasteiger partial charge in [-0.05, 0) is 35.9 Å². The number of carbonyl (C=O) groups excluding carboxylic acids is 2. The molecule has 0 aliphatic rings. The number of nitrogens with one attached hydrogen (secondary N) is 2. The molecule has 0 atom stereocenters. The van der Waals surface area contributed by atoms with E-state index in [0.717, 1.165) is 12.1 Å². The molecular formula is C17H12Cl2F2N2O2. The topological polar surface area (TPSA) is 58.2 Å². The Bertz CT molecular complexity index is 870. The number of benzene rings is 2. The SMILES string of the molecule is CC(=O)Nc1cc(NC(=O)/C=C/c2cc(Cl)ccc2Cl)c(F)cc1F. The van der Waals surface area contributed by atoms with Gasteiger partial charge in [-0.2, -0.15) is 0 Å². The largest absolute Gasteiger partial charge is 0.324 e. The van der Waals surface area contributed by atoms with E-state index in [-0.39, 0.29) is 11.4 Å². The Labute approximate surface area is 152 Å². The Morgan fingerprint density at radius 3 is 2.28 bits per heavy atom. The van der Waals surface area contributed by atoms with Crippen molar-refractivity contribution in [2.45, 2.75) is 6.92 Å². The van der Waals surface area contributed by atoms with Crippen molar-refractivity contribution in [1.29, 1.82) is 0 Å². The van der Waals surface area contributed by atoms with E-state index in [9.17, 15) is 18.4 Å². The standard InChI is InChI=1S/C17H12Cl2F2N2O2/c1-9(24)22-15-8-16(14(21)7-13(15)20)23-17(25)5-2-10-6-11(18)3-4-12(10)19/h2-8H,1H3,(H,22,24)(H,23,25)/b5-2+. The molecule has 25 heavy (non-hydrogen) atoms. The lowest BCUT2D eigenvalue weighted by Crippen LogP contribution is -2.12. The molecule has 2 amide bonds. The van der Waals surface area contributed by atoms with E-state index in [1.807, 2.05) is 0 Å². The molecule has 2 aromatic carbocycles. The van der Waals surface area contributed by atoms with Gasteiger partial charge in [0.2, 0.25) is 11.8 Å². The van der Waals surface area contributed by atoms with Crippen LogP contribution in [-0.4, -0.2) is 11.8 Å². The molecule has 0 heterocycles. The molecule has 0 unspecified atom stereocenters. The molecule has 0 spiro atoms. The molecule has 0 fully saturated rings. The lowest BCUT2D eigenvalue weighted by atomic mass is 10.2. The zero-order valence-electron chi connectivity index (χ0n) is 12.9.